The number of hydrogen-bond donors (Lipinski definition) is 2. The average Bonchev–Trinajstić information content (AvgIpc) is 3.16. The normalized spacial score (nSPS) is 10.3. The number of nitrogens with one attached hydrogen (secondary N) is 2. The number of imide groups is 1. The number of para-hydroxylation sites is 2. The van der Waals surface area contributed by atoms with Gasteiger partial charge in [-0.1, -0.05) is 42.1 Å². The second kappa shape index (κ2) is 8.86. The van der Waals surface area contributed by atoms with Crippen molar-refractivity contribution >= 4 is 29.4 Å². The number of methoxy groups -OCH3 is 1. The van der Waals surface area contributed by atoms with Crippen LogP contribution >= 0.6 is 11.8 Å². The molecular formula is C18H16N4O4S. The fourth-order valence-corrected chi connectivity index (χ4v) is 2.72. The Labute approximate surface area is 159 Å². The van der Waals surface area contributed by atoms with Gasteiger partial charge in [0.15, 0.2) is 0 Å². The number of anilines is 1. The van der Waals surface area contributed by atoms with Gasteiger partial charge in [0.05, 0.1) is 18.6 Å². The van der Waals surface area contributed by atoms with Crippen LogP contribution in [-0.2, 0) is 4.79 Å². The van der Waals surface area contributed by atoms with E-state index in [0.717, 1.165) is 17.3 Å². The standard InChI is InChI=1S/C18H16N4O4S/c1-25-14-10-6-5-9-13(14)19-17(24)20-15(23)11-27-18-22-21-16(26-18)12-7-3-2-4-8-12/h2-10H,11H2,1H3,(H2,19,20,23,24). The summed E-state index contributed by atoms with van der Waals surface area (Å²) in [5.41, 5.74) is 1.25. The van der Waals surface area contributed by atoms with E-state index in [2.05, 4.69) is 20.8 Å². The van der Waals surface area contributed by atoms with Gasteiger partial charge >= 0.3 is 6.03 Å². The Bertz CT molecular complexity index is 930. The van der Waals surface area contributed by atoms with Crippen LogP contribution in [0.15, 0.2) is 64.2 Å². The lowest BCUT2D eigenvalue weighted by atomic mass is 10.2. The van der Waals surface area contributed by atoms with Crippen molar-refractivity contribution in [1.82, 2.24) is 15.5 Å². The highest BCUT2D eigenvalue weighted by Gasteiger charge is 2.14. The van der Waals surface area contributed by atoms with Crippen molar-refractivity contribution in [2.75, 3.05) is 18.2 Å². The van der Waals surface area contributed by atoms with Crippen LogP contribution in [0.4, 0.5) is 10.5 Å². The largest absolute Gasteiger partial charge is 0.495 e. The van der Waals surface area contributed by atoms with E-state index >= 15 is 0 Å². The maximum atomic E-state index is 11.9. The lowest BCUT2D eigenvalue weighted by Gasteiger charge is -2.09. The Balaban J connectivity index is 1.50. The molecule has 0 aliphatic heterocycles. The number of rotatable bonds is 6. The lowest BCUT2D eigenvalue weighted by molar-refractivity contribution is -0.117. The van der Waals surface area contributed by atoms with Gasteiger partial charge in [-0.25, -0.2) is 4.79 Å². The summed E-state index contributed by atoms with van der Waals surface area (Å²) in [6.45, 7) is 0. The molecular weight excluding hydrogens is 368 g/mol. The van der Waals surface area contributed by atoms with E-state index in [1.165, 1.54) is 7.11 Å². The average molecular weight is 384 g/mol. The van der Waals surface area contributed by atoms with Gasteiger partial charge < -0.3 is 14.5 Å². The molecule has 8 nitrogen and oxygen atoms in total. The van der Waals surface area contributed by atoms with E-state index in [0.29, 0.717) is 17.3 Å². The van der Waals surface area contributed by atoms with Crippen LogP contribution < -0.4 is 15.4 Å². The zero-order chi connectivity index (χ0) is 19.1. The van der Waals surface area contributed by atoms with Gasteiger partial charge in [-0.05, 0) is 24.3 Å². The quantitative estimate of drug-likeness (QED) is 0.629. The molecule has 1 heterocycles. The van der Waals surface area contributed by atoms with Gasteiger partial charge in [0, 0.05) is 5.56 Å². The molecule has 2 N–H and O–H groups in total. The number of benzene rings is 2. The van der Waals surface area contributed by atoms with E-state index in [1.807, 2.05) is 30.3 Å². The molecule has 0 radical (unpaired) electrons. The molecule has 0 fully saturated rings. The van der Waals surface area contributed by atoms with Crippen LogP contribution in [0.25, 0.3) is 11.5 Å². The van der Waals surface area contributed by atoms with E-state index in [1.54, 1.807) is 24.3 Å². The number of urea groups is 1. The lowest BCUT2D eigenvalue weighted by Crippen LogP contribution is -2.35. The molecule has 0 aliphatic rings. The fourth-order valence-electron chi connectivity index (χ4n) is 2.16. The van der Waals surface area contributed by atoms with E-state index in [4.69, 9.17) is 9.15 Å². The summed E-state index contributed by atoms with van der Waals surface area (Å²) in [6, 6.07) is 15.5. The molecule has 3 amide bonds. The second-order valence-corrected chi connectivity index (χ2v) is 6.16. The first-order chi connectivity index (χ1) is 13.2. The van der Waals surface area contributed by atoms with Crippen molar-refractivity contribution in [3.63, 3.8) is 0 Å². The van der Waals surface area contributed by atoms with Gasteiger partial charge in [0.25, 0.3) is 5.22 Å². The topological polar surface area (TPSA) is 106 Å². The SMILES string of the molecule is COc1ccccc1NC(=O)NC(=O)CSc1nnc(-c2ccccc2)o1. The summed E-state index contributed by atoms with van der Waals surface area (Å²) < 4.78 is 10.6. The molecule has 27 heavy (non-hydrogen) atoms. The van der Waals surface area contributed by atoms with Crippen LogP contribution in [0.3, 0.4) is 0 Å². The monoisotopic (exact) mass is 384 g/mol. The zero-order valence-electron chi connectivity index (χ0n) is 14.3. The third kappa shape index (κ3) is 5.08. The van der Waals surface area contributed by atoms with Crippen LogP contribution in [0.2, 0.25) is 0 Å². The van der Waals surface area contributed by atoms with Gasteiger partial charge in [0.1, 0.15) is 5.75 Å². The Kier molecular flexibility index (Phi) is 6.06. The molecule has 0 aliphatic carbocycles. The smallest absolute Gasteiger partial charge is 0.326 e. The van der Waals surface area contributed by atoms with Crippen LogP contribution in [0.1, 0.15) is 0 Å². The third-order valence-corrected chi connectivity index (χ3v) is 4.18. The Morgan fingerprint density at radius 1 is 1.07 bits per heavy atom. The van der Waals surface area contributed by atoms with Gasteiger partial charge in [-0.15, -0.1) is 10.2 Å². The van der Waals surface area contributed by atoms with Crippen LogP contribution in [0.5, 0.6) is 5.75 Å². The summed E-state index contributed by atoms with van der Waals surface area (Å²) in [7, 11) is 1.49. The number of nitrogens with zero attached hydrogens (tertiary/aromatic N) is 2. The molecule has 3 aromatic rings. The Hall–Kier alpha value is -3.33. The van der Waals surface area contributed by atoms with E-state index in [9.17, 15) is 9.59 Å². The third-order valence-electron chi connectivity index (χ3n) is 3.36. The molecule has 0 atom stereocenters. The molecule has 0 unspecified atom stereocenters. The zero-order valence-corrected chi connectivity index (χ0v) is 15.2. The Morgan fingerprint density at radius 2 is 1.81 bits per heavy atom. The van der Waals surface area contributed by atoms with Crippen LogP contribution in [0, 0.1) is 0 Å². The second-order valence-electron chi connectivity index (χ2n) is 5.23. The predicted octanol–water partition coefficient (Wildman–Crippen LogP) is 3.19. The van der Waals surface area contributed by atoms with Crippen molar-refractivity contribution in [3.05, 3.63) is 54.6 Å². The first-order valence-electron chi connectivity index (χ1n) is 7.91. The van der Waals surface area contributed by atoms with Crippen molar-refractivity contribution in [2.45, 2.75) is 5.22 Å². The number of carbonyl (C=O) groups excluding carboxylic acids is 2. The summed E-state index contributed by atoms with van der Waals surface area (Å²) in [5.74, 6) is 0.323. The minimum Gasteiger partial charge on any atom is -0.495 e. The molecule has 0 bridgehead atoms. The highest BCUT2D eigenvalue weighted by Crippen LogP contribution is 2.23. The molecule has 0 saturated carbocycles. The highest BCUT2D eigenvalue weighted by molar-refractivity contribution is 7.99. The number of ether oxygens (including phenoxy) is 1. The molecule has 2 aromatic carbocycles. The number of hydrogen-bond acceptors (Lipinski definition) is 7. The molecule has 138 valence electrons. The fraction of sp³-hybridized carbons (Fsp3) is 0.111. The molecule has 3 rings (SSSR count). The molecule has 9 heteroatoms. The summed E-state index contributed by atoms with van der Waals surface area (Å²) in [6.07, 6.45) is 0. The van der Waals surface area contributed by atoms with E-state index < -0.39 is 11.9 Å². The Morgan fingerprint density at radius 3 is 2.59 bits per heavy atom. The predicted molar refractivity (Wildman–Crippen MR) is 101 cm³/mol. The molecule has 0 spiro atoms. The maximum Gasteiger partial charge on any atom is 0.326 e. The number of amides is 3. The maximum absolute atomic E-state index is 11.9. The van der Waals surface area contributed by atoms with E-state index in [-0.39, 0.29) is 11.0 Å². The number of carbonyl (C=O) groups is 2. The van der Waals surface area contributed by atoms with Crippen molar-refractivity contribution in [2.24, 2.45) is 0 Å². The summed E-state index contributed by atoms with van der Waals surface area (Å²) >= 11 is 1.04. The minimum atomic E-state index is -0.652. The molecule has 1 aromatic heterocycles. The molecule has 0 saturated heterocycles. The first-order valence-corrected chi connectivity index (χ1v) is 8.90. The number of thioether (sulfide) groups is 1. The van der Waals surface area contributed by atoms with Gasteiger partial charge in [-0.2, -0.15) is 0 Å². The number of aromatic nitrogens is 2. The summed E-state index contributed by atoms with van der Waals surface area (Å²) in [5, 5.41) is 12.9. The minimum absolute atomic E-state index is 0.0459. The van der Waals surface area contributed by atoms with Crippen molar-refractivity contribution < 1.29 is 18.7 Å². The van der Waals surface area contributed by atoms with Gasteiger partial charge in [0.2, 0.25) is 11.8 Å². The van der Waals surface area contributed by atoms with Crippen molar-refractivity contribution in [3.8, 4) is 17.2 Å². The van der Waals surface area contributed by atoms with Gasteiger partial charge in [-0.3, -0.25) is 10.1 Å². The van der Waals surface area contributed by atoms with Crippen LogP contribution in [-0.4, -0.2) is 35.0 Å². The van der Waals surface area contributed by atoms with Crippen molar-refractivity contribution in [1.29, 1.82) is 0 Å². The summed E-state index contributed by atoms with van der Waals surface area (Å²) in [4.78, 5) is 23.9. The first kappa shape index (κ1) is 18.5. The highest BCUT2D eigenvalue weighted by atomic mass is 32.2.